The van der Waals surface area contributed by atoms with Gasteiger partial charge in [0, 0.05) is 22.6 Å². The van der Waals surface area contributed by atoms with Crippen molar-refractivity contribution in [1.29, 1.82) is 0 Å². The van der Waals surface area contributed by atoms with E-state index in [1.54, 1.807) is 26.0 Å². The van der Waals surface area contributed by atoms with Gasteiger partial charge in [0.05, 0.1) is 10.9 Å². The van der Waals surface area contributed by atoms with Crippen LogP contribution in [-0.4, -0.2) is 20.4 Å². The second-order valence-electron chi connectivity index (χ2n) is 7.09. The van der Waals surface area contributed by atoms with Gasteiger partial charge in [-0.05, 0) is 52.0 Å². The third-order valence-corrected chi connectivity index (χ3v) is 6.08. The second kappa shape index (κ2) is 7.77. The van der Waals surface area contributed by atoms with E-state index < -0.39 is 10.0 Å². The highest BCUT2D eigenvalue weighted by Gasteiger charge is 2.21. The van der Waals surface area contributed by atoms with Crippen LogP contribution in [0.2, 0.25) is 0 Å². The lowest BCUT2D eigenvalue weighted by Gasteiger charge is -2.14. The fourth-order valence-corrected chi connectivity index (χ4v) is 4.43. The number of furan rings is 1. The van der Waals surface area contributed by atoms with Crippen molar-refractivity contribution in [3.8, 4) is 0 Å². The molecular weight excluding hydrogens is 376 g/mol. The van der Waals surface area contributed by atoms with E-state index in [1.165, 1.54) is 12.1 Å². The monoisotopic (exact) mass is 400 g/mol. The predicted octanol–water partition coefficient (Wildman–Crippen LogP) is 3.92. The van der Waals surface area contributed by atoms with Crippen molar-refractivity contribution in [2.75, 3.05) is 0 Å². The molecule has 0 fully saturated rings. The average Bonchev–Trinajstić information content (AvgIpc) is 2.98. The lowest BCUT2D eigenvalue weighted by molar-refractivity contribution is 0.0935. The summed E-state index contributed by atoms with van der Waals surface area (Å²) in [5.41, 5.74) is 2.01. The highest BCUT2D eigenvalue weighted by Crippen LogP contribution is 2.29. The first-order valence-electron chi connectivity index (χ1n) is 9.10. The fraction of sp³-hybridized carbons (Fsp3) is 0.286. The Hall–Kier alpha value is -2.64. The number of hydrogen-bond donors (Lipinski definition) is 2. The molecule has 3 rings (SSSR count). The third kappa shape index (κ3) is 4.10. The molecule has 7 heteroatoms. The van der Waals surface area contributed by atoms with Crippen molar-refractivity contribution in [1.82, 2.24) is 10.0 Å². The van der Waals surface area contributed by atoms with Crippen molar-refractivity contribution < 1.29 is 17.6 Å². The van der Waals surface area contributed by atoms with Crippen LogP contribution in [-0.2, 0) is 10.0 Å². The molecule has 0 spiro atoms. The summed E-state index contributed by atoms with van der Waals surface area (Å²) in [5.74, 6) is 0.314. The van der Waals surface area contributed by atoms with Gasteiger partial charge in [0.25, 0.3) is 5.91 Å². The molecule has 0 saturated carbocycles. The molecule has 1 heterocycles. The lowest BCUT2D eigenvalue weighted by atomic mass is 10.1. The van der Waals surface area contributed by atoms with Crippen LogP contribution in [0.4, 0.5) is 0 Å². The molecule has 1 amide bonds. The highest BCUT2D eigenvalue weighted by atomic mass is 32.2. The Morgan fingerprint density at radius 1 is 1.04 bits per heavy atom. The van der Waals surface area contributed by atoms with Crippen molar-refractivity contribution >= 4 is 26.9 Å². The van der Waals surface area contributed by atoms with Gasteiger partial charge in [0.15, 0.2) is 0 Å². The summed E-state index contributed by atoms with van der Waals surface area (Å²) in [6, 6.07) is 13.1. The molecule has 0 aliphatic carbocycles. The van der Waals surface area contributed by atoms with Gasteiger partial charge in [0.2, 0.25) is 10.0 Å². The van der Waals surface area contributed by atoms with Gasteiger partial charge >= 0.3 is 0 Å². The minimum Gasteiger partial charge on any atom is -0.459 e. The van der Waals surface area contributed by atoms with Crippen LogP contribution in [0.5, 0.6) is 0 Å². The maximum Gasteiger partial charge on any atom is 0.251 e. The van der Waals surface area contributed by atoms with Crippen molar-refractivity contribution in [2.24, 2.45) is 0 Å². The van der Waals surface area contributed by atoms with Gasteiger partial charge in [-0.15, -0.1) is 0 Å². The number of rotatable bonds is 6. The maximum atomic E-state index is 12.7. The first kappa shape index (κ1) is 20.1. The van der Waals surface area contributed by atoms with Crippen LogP contribution in [0.1, 0.15) is 48.5 Å². The first-order valence-corrected chi connectivity index (χ1v) is 10.6. The van der Waals surface area contributed by atoms with E-state index in [0.29, 0.717) is 5.76 Å². The van der Waals surface area contributed by atoms with E-state index in [-0.39, 0.29) is 28.4 Å². The van der Waals surface area contributed by atoms with Crippen LogP contribution >= 0.6 is 0 Å². The Balaban J connectivity index is 1.83. The Bertz CT molecular complexity index is 1120. The molecule has 148 valence electrons. The fourth-order valence-electron chi connectivity index (χ4n) is 3.13. The average molecular weight is 401 g/mol. The topological polar surface area (TPSA) is 88.4 Å². The van der Waals surface area contributed by atoms with E-state index in [2.05, 4.69) is 10.0 Å². The number of nitrogens with one attached hydrogen (secondary N) is 2. The van der Waals surface area contributed by atoms with Crippen LogP contribution in [0.3, 0.4) is 0 Å². The number of fused-ring (bicyclic) bond motifs is 1. The molecule has 2 aromatic carbocycles. The molecule has 28 heavy (non-hydrogen) atoms. The number of amides is 1. The Kier molecular flexibility index (Phi) is 5.58. The van der Waals surface area contributed by atoms with Crippen molar-refractivity contribution in [2.45, 2.75) is 44.7 Å². The quantitative estimate of drug-likeness (QED) is 0.656. The van der Waals surface area contributed by atoms with Gasteiger partial charge in [-0.3, -0.25) is 4.79 Å². The van der Waals surface area contributed by atoms with Gasteiger partial charge < -0.3 is 9.73 Å². The number of hydrogen-bond acceptors (Lipinski definition) is 4. The molecule has 3 aromatic rings. The minimum absolute atomic E-state index is 0.0569. The number of sulfonamides is 1. The van der Waals surface area contributed by atoms with E-state index in [9.17, 15) is 13.2 Å². The van der Waals surface area contributed by atoms with E-state index in [1.807, 2.05) is 38.1 Å². The minimum atomic E-state index is -3.67. The molecule has 0 radical (unpaired) electrons. The van der Waals surface area contributed by atoms with Crippen LogP contribution < -0.4 is 10.0 Å². The Morgan fingerprint density at radius 3 is 2.43 bits per heavy atom. The normalized spacial score (nSPS) is 13.0. The zero-order chi connectivity index (χ0) is 20.5. The van der Waals surface area contributed by atoms with Gasteiger partial charge in [-0.2, -0.15) is 0 Å². The summed E-state index contributed by atoms with van der Waals surface area (Å²) in [6.45, 7) is 7.27. The van der Waals surface area contributed by atoms with Gasteiger partial charge in [-0.1, -0.05) is 24.3 Å². The molecule has 0 aliphatic rings. The molecule has 0 aliphatic heterocycles. The summed E-state index contributed by atoms with van der Waals surface area (Å²) < 4.78 is 33.1. The number of para-hydroxylation sites is 1. The van der Waals surface area contributed by atoms with Crippen molar-refractivity contribution in [3.05, 3.63) is 65.4 Å². The van der Waals surface area contributed by atoms with Gasteiger partial charge in [-0.25, -0.2) is 13.1 Å². The largest absolute Gasteiger partial charge is 0.459 e. The standard InChI is InChI=1S/C21H24N2O4S/c1-13(2)23-28(25,26)17-9-7-8-16(12-17)21(24)22-15(4)20-14(3)18-10-5-6-11-19(18)27-20/h5-13,15,23H,1-4H3,(H,22,24). The second-order valence-corrected chi connectivity index (χ2v) is 8.80. The number of aryl methyl sites for hydroxylation is 1. The Morgan fingerprint density at radius 2 is 1.75 bits per heavy atom. The van der Waals surface area contributed by atoms with Crippen LogP contribution in [0.15, 0.2) is 57.8 Å². The summed E-state index contributed by atoms with van der Waals surface area (Å²) in [6.07, 6.45) is 0. The molecule has 2 N–H and O–H groups in total. The number of carbonyl (C=O) groups excluding carboxylic acids is 1. The maximum absolute atomic E-state index is 12.7. The van der Waals surface area contributed by atoms with Gasteiger partial charge in [0.1, 0.15) is 11.3 Å². The molecule has 0 saturated heterocycles. The van der Waals surface area contributed by atoms with E-state index in [0.717, 1.165) is 16.5 Å². The molecule has 1 unspecified atom stereocenters. The van der Waals surface area contributed by atoms with E-state index >= 15 is 0 Å². The summed E-state index contributed by atoms with van der Waals surface area (Å²) in [7, 11) is -3.67. The number of carbonyl (C=O) groups is 1. The highest BCUT2D eigenvalue weighted by molar-refractivity contribution is 7.89. The predicted molar refractivity (Wildman–Crippen MR) is 109 cm³/mol. The van der Waals surface area contributed by atoms with E-state index in [4.69, 9.17) is 4.42 Å². The molecule has 6 nitrogen and oxygen atoms in total. The third-order valence-electron chi connectivity index (χ3n) is 4.42. The van der Waals surface area contributed by atoms with Crippen LogP contribution in [0.25, 0.3) is 11.0 Å². The van der Waals surface area contributed by atoms with Crippen LogP contribution in [0, 0.1) is 6.92 Å². The first-order chi connectivity index (χ1) is 13.2. The summed E-state index contributed by atoms with van der Waals surface area (Å²) in [5, 5.41) is 3.89. The molecule has 1 atom stereocenters. The molecular formula is C21H24N2O4S. The zero-order valence-electron chi connectivity index (χ0n) is 16.3. The summed E-state index contributed by atoms with van der Waals surface area (Å²) in [4.78, 5) is 12.7. The summed E-state index contributed by atoms with van der Waals surface area (Å²) >= 11 is 0. The zero-order valence-corrected chi connectivity index (χ0v) is 17.1. The lowest BCUT2D eigenvalue weighted by Crippen LogP contribution is -2.31. The number of benzene rings is 2. The molecule has 0 bridgehead atoms. The van der Waals surface area contributed by atoms with Crippen molar-refractivity contribution in [3.63, 3.8) is 0 Å². The smallest absolute Gasteiger partial charge is 0.251 e. The SMILES string of the molecule is Cc1c(C(C)NC(=O)c2cccc(S(=O)(=O)NC(C)C)c2)oc2ccccc12. The Labute approximate surface area is 165 Å². The molecule has 1 aromatic heterocycles.